The molecule has 3 N–H and O–H groups in total. The van der Waals surface area contributed by atoms with E-state index in [0.29, 0.717) is 17.5 Å². The quantitative estimate of drug-likeness (QED) is 0.322. The number of hydrogen-bond acceptors (Lipinski definition) is 3. The van der Waals surface area contributed by atoms with Gasteiger partial charge < -0.3 is 20.6 Å². The van der Waals surface area contributed by atoms with E-state index in [2.05, 4.69) is 15.6 Å². The highest BCUT2D eigenvalue weighted by molar-refractivity contribution is 14.0. The van der Waals surface area contributed by atoms with Gasteiger partial charge in [0.1, 0.15) is 0 Å². The Bertz CT molecular complexity index is 588. The minimum absolute atomic E-state index is 0. The number of nitrogens with zero attached hydrogens (tertiary/aromatic N) is 2. The summed E-state index contributed by atoms with van der Waals surface area (Å²) in [6.07, 6.45) is -0.734. The molecule has 26 heavy (non-hydrogen) atoms. The molecule has 1 aromatic rings. The van der Waals surface area contributed by atoms with Crippen LogP contribution in [0.3, 0.4) is 0 Å². The van der Waals surface area contributed by atoms with Gasteiger partial charge in [0.05, 0.1) is 19.2 Å². The van der Waals surface area contributed by atoms with Crippen LogP contribution in [-0.2, 0) is 4.79 Å². The number of carbonyl (C=O) groups is 1. The van der Waals surface area contributed by atoms with Gasteiger partial charge in [0.25, 0.3) is 0 Å². The summed E-state index contributed by atoms with van der Waals surface area (Å²) in [5.74, 6) is 0.485. The van der Waals surface area contributed by atoms with Crippen molar-refractivity contribution >= 4 is 47.4 Å². The lowest BCUT2D eigenvalue weighted by Gasteiger charge is -2.25. The molecule has 0 saturated carbocycles. The zero-order valence-corrected chi connectivity index (χ0v) is 19.1. The highest BCUT2D eigenvalue weighted by atomic mass is 127. The van der Waals surface area contributed by atoms with Gasteiger partial charge in [-0.3, -0.25) is 9.79 Å². The van der Waals surface area contributed by atoms with Gasteiger partial charge in [-0.1, -0.05) is 23.7 Å². The summed E-state index contributed by atoms with van der Waals surface area (Å²) in [6.45, 7) is 8.80. The topological polar surface area (TPSA) is 77.0 Å². The van der Waals surface area contributed by atoms with Gasteiger partial charge in [-0.25, -0.2) is 0 Å². The molecule has 0 fully saturated rings. The van der Waals surface area contributed by atoms with Gasteiger partial charge >= 0.3 is 0 Å². The molecule has 8 heteroatoms. The molecule has 1 amide bonds. The third-order valence-electron chi connectivity index (χ3n) is 3.26. The van der Waals surface area contributed by atoms with Crippen molar-refractivity contribution in [1.82, 2.24) is 15.5 Å². The second kappa shape index (κ2) is 11.6. The molecular formula is C18H30ClIN4O2. The fraction of sp³-hybridized carbons (Fsp3) is 0.556. The number of halogens is 2. The van der Waals surface area contributed by atoms with Crippen LogP contribution in [0.5, 0.6) is 0 Å². The minimum Gasteiger partial charge on any atom is -0.386 e. The van der Waals surface area contributed by atoms with Crippen LogP contribution in [0.15, 0.2) is 29.3 Å². The zero-order chi connectivity index (χ0) is 19.0. The number of benzene rings is 1. The molecule has 0 saturated heterocycles. The molecule has 0 aliphatic heterocycles. The predicted octanol–water partition coefficient (Wildman–Crippen LogP) is 2.80. The monoisotopic (exact) mass is 496 g/mol. The highest BCUT2D eigenvalue weighted by Crippen LogP contribution is 2.16. The lowest BCUT2D eigenvalue weighted by Crippen LogP contribution is -2.48. The molecule has 1 unspecified atom stereocenters. The minimum atomic E-state index is -0.734. The number of rotatable bonds is 6. The van der Waals surface area contributed by atoms with Crippen LogP contribution in [0, 0.1) is 0 Å². The normalized spacial score (nSPS) is 12.8. The molecule has 0 heterocycles. The van der Waals surface area contributed by atoms with E-state index in [9.17, 15) is 9.90 Å². The second-order valence-corrected chi connectivity index (χ2v) is 7.35. The molecule has 0 spiro atoms. The molecule has 0 aromatic heterocycles. The molecule has 0 radical (unpaired) electrons. The Balaban J connectivity index is 0.00000625. The summed E-state index contributed by atoms with van der Waals surface area (Å²) in [4.78, 5) is 18.2. The van der Waals surface area contributed by atoms with Crippen molar-refractivity contribution in [2.75, 3.05) is 26.7 Å². The molecule has 0 aliphatic rings. The van der Waals surface area contributed by atoms with Gasteiger partial charge in [-0.15, -0.1) is 24.0 Å². The summed E-state index contributed by atoms with van der Waals surface area (Å²) in [7, 11) is 1.79. The average Bonchev–Trinajstić information content (AvgIpc) is 2.49. The lowest BCUT2D eigenvalue weighted by molar-refractivity contribution is -0.122. The Morgan fingerprint density at radius 1 is 1.31 bits per heavy atom. The number of aliphatic hydroxyl groups excluding tert-OH is 1. The van der Waals surface area contributed by atoms with Crippen LogP contribution < -0.4 is 10.6 Å². The number of hydrogen-bond donors (Lipinski definition) is 3. The third-order valence-corrected chi connectivity index (χ3v) is 3.51. The van der Waals surface area contributed by atoms with Crippen molar-refractivity contribution in [3.8, 4) is 0 Å². The number of carbonyl (C=O) groups excluding carboxylic acids is 1. The Kier molecular flexibility index (Phi) is 11.1. The fourth-order valence-electron chi connectivity index (χ4n) is 2.18. The van der Waals surface area contributed by atoms with Gasteiger partial charge in [0, 0.05) is 24.2 Å². The molecule has 0 aliphatic carbocycles. The first-order valence-corrected chi connectivity index (χ1v) is 8.74. The molecule has 148 valence electrons. The average molecular weight is 497 g/mol. The van der Waals surface area contributed by atoms with Gasteiger partial charge in [-0.2, -0.15) is 0 Å². The highest BCUT2D eigenvalue weighted by Gasteiger charge is 2.17. The second-order valence-electron chi connectivity index (χ2n) is 6.92. The van der Waals surface area contributed by atoms with Crippen molar-refractivity contribution in [2.45, 2.75) is 39.3 Å². The van der Waals surface area contributed by atoms with E-state index >= 15 is 0 Å². The number of aliphatic hydroxyl groups is 1. The van der Waals surface area contributed by atoms with Gasteiger partial charge in [-0.05, 0) is 45.4 Å². The van der Waals surface area contributed by atoms with Crippen molar-refractivity contribution < 1.29 is 9.90 Å². The van der Waals surface area contributed by atoms with Crippen LogP contribution in [-0.4, -0.2) is 54.1 Å². The summed E-state index contributed by atoms with van der Waals surface area (Å²) in [5.41, 5.74) is 0.468. The SMILES string of the molecule is CCNC(=NCC(O)c1ccc(Cl)cc1)N(C)CC(=O)NC(C)(C)C.I. The summed E-state index contributed by atoms with van der Waals surface area (Å²) in [6, 6.07) is 7.02. The zero-order valence-electron chi connectivity index (χ0n) is 16.0. The number of amides is 1. The molecule has 1 aromatic carbocycles. The fourth-order valence-corrected chi connectivity index (χ4v) is 2.31. The first-order valence-electron chi connectivity index (χ1n) is 8.36. The van der Waals surface area contributed by atoms with Gasteiger partial charge in [0.2, 0.25) is 5.91 Å². The van der Waals surface area contributed by atoms with E-state index in [1.165, 1.54) is 0 Å². The lowest BCUT2D eigenvalue weighted by atomic mass is 10.1. The van der Waals surface area contributed by atoms with Crippen LogP contribution >= 0.6 is 35.6 Å². The number of nitrogens with one attached hydrogen (secondary N) is 2. The number of guanidine groups is 1. The standard InChI is InChI=1S/C18H29ClN4O2.HI/c1-6-20-17(23(5)12-16(25)22-18(2,3)4)21-11-15(24)13-7-9-14(19)10-8-13;/h7-10,15,24H,6,11-12H2,1-5H3,(H,20,21)(H,22,25);1H. The molecule has 1 rings (SSSR count). The maximum absolute atomic E-state index is 12.1. The first kappa shape index (κ1) is 24.9. The van der Waals surface area contributed by atoms with E-state index in [-0.39, 0.29) is 48.5 Å². The predicted molar refractivity (Wildman–Crippen MR) is 118 cm³/mol. The smallest absolute Gasteiger partial charge is 0.240 e. The van der Waals surface area contributed by atoms with Crippen LogP contribution in [0.25, 0.3) is 0 Å². The maximum Gasteiger partial charge on any atom is 0.240 e. The van der Waals surface area contributed by atoms with Crippen molar-refractivity contribution in [3.05, 3.63) is 34.9 Å². The van der Waals surface area contributed by atoms with E-state index in [1.807, 2.05) is 27.7 Å². The van der Waals surface area contributed by atoms with E-state index < -0.39 is 6.10 Å². The molecule has 0 bridgehead atoms. The Morgan fingerprint density at radius 3 is 2.38 bits per heavy atom. The number of likely N-dealkylation sites (N-methyl/N-ethyl adjacent to an activating group) is 1. The van der Waals surface area contributed by atoms with Crippen molar-refractivity contribution in [1.29, 1.82) is 0 Å². The molecule has 6 nitrogen and oxygen atoms in total. The summed E-state index contributed by atoms with van der Waals surface area (Å²) < 4.78 is 0. The summed E-state index contributed by atoms with van der Waals surface area (Å²) >= 11 is 5.86. The van der Waals surface area contributed by atoms with Crippen LogP contribution in [0.1, 0.15) is 39.4 Å². The summed E-state index contributed by atoms with van der Waals surface area (Å²) in [5, 5.41) is 16.9. The Labute approximate surface area is 178 Å². The maximum atomic E-state index is 12.1. The van der Waals surface area contributed by atoms with Crippen molar-refractivity contribution in [3.63, 3.8) is 0 Å². The van der Waals surface area contributed by atoms with Crippen molar-refractivity contribution in [2.24, 2.45) is 4.99 Å². The van der Waals surface area contributed by atoms with Gasteiger partial charge in [0.15, 0.2) is 5.96 Å². The van der Waals surface area contributed by atoms with E-state index in [4.69, 9.17) is 11.6 Å². The number of aliphatic imine (C=N–C) groups is 1. The Morgan fingerprint density at radius 2 is 1.88 bits per heavy atom. The first-order chi connectivity index (χ1) is 11.6. The van der Waals surface area contributed by atoms with E-state index in [0.717, 1.165) is 5.56 Å². The van der Waals surface area contributed by atoms with E-state index in [1.54, 1.807) is 36.2 Å². The molecular weight excluding hydrogens is 467 g/mol. The van der Waals surface area contributed by atoms with Crippen LogP contribution in [0.2, 0.25) is 5.02 Å². The Hall–Kier alpha value is -1.06. The largest absolute Gasteiger partial charge is 0.386 e. The molecule has 1 atom stereocenters. The van der Waals surface area contributed by atoms with Crippen LogP contribution in [0.4, 0.5) is 0 Å². The third kappa shape index (κ3) is 9.59.